The maximum Gasteiger partial charge on any atom is 0.271 e. The van der Waals surface area contributed by atoms with Crippen LogP contribution in [0.15, 0.2) is 18.2 Å². The van der Waals surface area contributed by atoms with Gasteiger partial charge >= 0.3 is 0 Å². The molecule has 1 aliphatic carbocycles. The highest BCUT2D eigenvalue weighted by Crippen LogP contribution is 2.29. The molecule has 8 nitrogen and oxygen atoms in total. The van der Waals surface area contributed by atoms with Crippen LogP contribution in [0.3, 0.4) is 0 Å². The summed E-state index contributed by atoms with van der Waals surface area (Å²) in [7, 11) is -3.83. The number of amides is 1. The van der Waals surface area contributed by atoms with Crippen molar-refractivity contribution in [3.05, 3.63) is 33.9 Å². The summed E-state index contributed by atoms with van der Waals surface area (Å²) in [5.74, 6) is -0.387. The van der Waals surface area contributed by atoms with Crippen molar-refractivity contribution >= 4 is 27.3 Å². The monoisotopic (exact) mass is 411 g/mol. The summed E-state index contributed by atoms with van der Waals surface area (Å²) in [6.07, 6.45) is 8.35. The van der Waals surface area contributed by atoms with Crippen molar-refractivity contribution in [2.45, 2.75) is 70.9 Å². The molecule has 1 atom stereocenters. The summed E-state index contributed by atoms with van der Waals surface area (Å²) in [5.41, 5.74) is 0.473. The minimum atomic E-state index is -3.83. The smallest absolute Gasteiger partial charge is 0.271 e. The molecular weight excluding hydrogens is 382 g/mol. The lowest BCUT2D eigenvalue weighted by molar-refractivity contribution is -0.384. The SMILES string of the molecule is Cc1ccc([N+](=O)[O-])cc1N(C(C)C(=O)NC1CCCCCCC1)S(C)(=O)=O. The quantitative estimate of drug-likeness (QED) is 0.570. The molecule has 9 heteroatoms. The molecule has 28 heavy (non-hydrogen) atoms. The minimum absolute atomic E-state index is 0.0304. The van der Waals surface area contributed by atoms with Crippen molar-refractivity contribution in [3.63, 3.8) is 0 Å². The van der Waals surface area contributed by atoms with E-state index in [0.717, 1.165) is 49.1 Å². The zero-order valence-corrected chi connectivity index (χ0v) is 17.5. The molecule has 1 fully saturated rings. The van der Waals surface area contributed by atoms with Crippen LogP contribution in [-0.4, -0.2) is 37.6 Å². The predicted molar refractivity (Wildman–Crippen MR) is 109 cm³/mol. The number of carbonyl (C=O) groups is 1. The number of hydrogen-bond donors (Lipinski definition) is 1. The fourth-order valence-electron chi connectivity index (χ4n) is 3.65. The highest BCUT2D eigenvalue weighted by Gasteiger charge is 2.32. The molecular formula is C19H29N3O5S. The number of sulfonamides is 1. The van der Waals surface area contributed by atoms with Crippen LogP contribution in [0.4, 0.5) is 11.4 Å². The highest BCUT2D eigenvalue weighted by molar-refractivity contribution is 7.92. The Labute approximate surface area is 166 Å². The van der Waals surface area contributed by atoms with Crippen LogP contribution < -0.4 is 9.62 Å². The second kappa shape index (κ2) is 9.36. The largest absolute Gasteiger partial charge is 0.352 e. The molecule has 1 aromatic rings. The van der Waals surface area contributed by atoms with E-state index in [4.69, 9.17) is 0 Å². The number of nitrogens with one attached hydrogen (secondary N) is 1. The molecule has 1 N–H and O–H groups in total. The first-order valence-electron chi connectivity index (χ1n) is 9.66. The Morgan fingerprint density at radius 3 is 2.32 bits per heavy atom. The van der Waals surface area contributed by atoms with Crippen LogP contribution in [0.1, 0.15) is 57.4 Å². The van der Waals surface area contributed by atoms with Crippen molar-refractivity contribution in [1.82, 2.24) is 5.32 Å². The van der Waals surface area contributed by atoms with E-state index in [1.165, 1.54) is 31.5 Å². The average Bonchev–Trinajstić information content (AvgIpc) is 2.57. The topological polar surface area (TPSA) is 110 Å². The molecule has 0 aromatic heterocycles. The first-order chi connectivity index (χ1) is 13.1. The van der Waals surface area contributed by atoms with Crippen LogP contribution in [0.2, 0.25) is 0 Å². The second-order valence-corrected chi connectivity index (χ2v) is 9.37. The number of carbonyl (C=O) groups excluding carboxylic acids is 1. The van der Waals surface area contributed by atoms with E-state index >= 15 is 0 Å². The van der Waals surface area contributed by atoms with Crippen molar-refractivity contribution in [2.24, 2.45) is 0 Å². The lowest BCUT2D eigenvalue weighted by Crippen LogP contribution is -2.50. The van der Waals surface area contributed by atoms with Crippen molar-refractivity contribution in [1.29, 1.82) is 0 Å². The van der Waals surface area contributed by atoms with E-state index in [1.54, 1.807) is 6.92 Å². The third-order valence-corrected chi connectivity index (χ3v) is 6.41. The van der Waals surface area contributed by atoms with Gasteiger partial charge in [-0.05, 0) is 32.3 Å². The maximum absolute atomic E-state index is 12.8. The van der Waals surface area contributed by atoms with Gasteiger partial charge in [-0.3, -0.25) is 19.2 Å². The Hall–Kier alpha value is -2.16. The summed E-state index contributed by atoms with van der Waals surface area (Å²) >= 11 is 0. The molecule has 0 radical (unpaired) electrons. The number of rotatable bonds is 6. The van der Waals surface area contributed by atoms with Gasteiger partial charge in [0.05, 0.1) is 16.9 Å². The van der Waals surface area contributed by atoms with Gasteiger partial charge in [-0.25, -0.2) is 8.42 Å². The van der Waals surface area contributed by atoms with E-state index in [0.29, 0.717) is 5.56 Å². The molecule has 1 unspecified atom stereocenters. The van der Waals surface area contributed by atoms with E-state index in [-0.39, 0.29) is 23.3 Å². The maximum atomic E-state index is 12.8. The molecule has 1 amide bonds. The predicted octanol–water partition coefficient (Wildman–Crippen LogP) is 3.29. The molecule has 0 aliphatic heterocycles. The standard InChI is InChI=1S/C19H29N3O5S/c1-14-11-12-17(22(24)25)13-18(14)21(28(3,26)27)15(2)19(23)20-16-9-7-5-4-6-8-10-16/h11-13,15-16H,4-10H2,1-3H3,(H,20,23). The molecule has 1 aromatic carbocycles. The molecule has 1 aliphatic rings. The van der Waals surface area contributed by atoms with Crippen LogP contribution in [0.5, 0.6) is 0 Å². The van der Waals surface area contributed by atoms with Crippen LogP contribution in [0, 0.1) is 17.0 Å². The number of benzene rings is 1. The number of aryl methyl sites for hydroxylation is 1. The van der Waals surface area contributed by atoms with Gasteiger partial charge in [0, 0.05) is 18.2 Å². The molecule has 156 valence electrons. The zero-order valence-electron chi connectivity index (χ0n) is 16.7. The Balaban J connectivity index is 2.29. The van der Waals surface area contributed by atoms with Gasteiger partial charge in [0.2, 0.25) is 15.9 Å². The fraction of sp³-hybridized carbons (Fsp3) is 0.632. The third kappa shape index (κ3) is 5.67. The number of nitro groups is 1. The first kappa shape index (κ1) is 22.1. The lowest BCUT2D eigenvalue weighted by atomic mass is 9.96. The number of anilines is 1. The Kier molecular flexibility index (Phi) is 7.40. The van der Waals surface area contributed by atoms with E-state index < -0.39 is 21.0 Å². The second-order valence-electron chi connectivity index (χ2n) is 7.51. The number of nitrogens with zero attached hydrogens (tertiary/aromatic N) is 2. The summed E-state index contributed by atoms with van der Waals surface area (Å²) in [4.78, 5) is 23.4. The van der Waals surface area contributed by atoms with Crippen molar-refractivity contribution < 1.29 is 18.1 Å². The Morgan fingerprint density at radius 2 is 1.79 bits per heavy atom. The Bertz CT molecular complexity index is 817. The van der Waals surface area contributed by atoms with E-state index in [2.05, 4.69) is 5.32 Å². The van der Waals surface area contributed by atoms with Gasteiger partial charge in [0.1, 0.15) is 6.04 Å². The van der Waals surface area contributed by atoms with Gasteiger partial charge in [0.25, 0.3) is 5.69 Å². The normalized spacial score (nSPS) is 17.2. The van der Waals surface area contributed by atoms with Gasteiger partial charge in [-0.15, -0.1) is 0 Å². The first-order valence-corrected chi connectivity index (χ1v) is 11.5. The average molecular weight is 412 g/mol. The van der Waals surface area contributed by atoms with E-state index in [1.807, 2.05) is 0 Å². The summed E-state index contributed by atoms with van der Waals surface area (Å²) in [6, 6.07) is 3.03. The summed E-state index contributed by atoms with van der Waals surface area (Å²) in [5, 5.41) is 14.1. The van der Waals surface area contributed by atoms with Crippen molar-refractivity contribution in [3.8, 4) is 0 Å². The summed E-state index contributed by atoms with van der Waals surface area (Å²) < 4.78 is 25.9. The summed E-state index contributed by atoms with van der Waals surface area (Å²) in [6.45, 7) is 3.17. The fourth-order valence-corrected chi connectivity index (χ4v) is 4.88. The van der Waals surface area contributed by atoms with Crippen LogP contribution >= 0.6 is 0 Å². The Morgan fingerprint density at radius 1 is 1.21 bits per heavy atom. The van der Waals surface area contributed by atoms with Crippen LogP contribution in [0.25, 0.3) is 0 Å². The molecule has 2 rings (SSSR count). The van der Waals surface area contributed by atoms with Gasteiger partial charge < -0.3 is 5.32 Å². The molecule has 1 saturated carbocycles. The minimum Gasteiger partial charge on any atom is -0.352 e. The molecule has 0 bridgehead atoms. The number of hydrogen-bond acceptors (Lipinski definition) is 5. The lowest BCUT2D eigenvalue weighted by Gasteiger charge is -2.31. The number of non-ortho nitro benzene ring substituents is 1. The van der Waals surface area contributed by atoms with E-state index in [9.17, 15) is 23.3 Å². The highest BCUT2D eigenvalue weighted by atomic mass is 32.2. The number of nitro benzene ring substituents is 1. The van der Waals surface area contributed by atoms with Crippen molar-refractivity contribution in [2.75, 3.05) is 10.6 Å². The molecule has 0 heterocycles. The third-order valence-electron chi connectivity index (χ3n) is 5.18. The van der Waals surface area contributed by atoms with Gasteiger partial charge in [0.15, 0.2) is 0 Å². The molecule has 0 saturated heterocycles. The zero-order chi connectivity index (χ0) is 20.9. The van der Waals surface area contributed by atoms with Crippen LogP contribution in [-0.2, 0) is 14.8 Å². The molecule has 0 spiro atoms. The van der Waals surface area contributed by atoms with Gasteiger partial charge in [-0.2, -0.15) is 0 Å². The van der Waals surface area contributed by atoms with Gasteiger partial charge in [-0.1, -0.05) is 38.2 Å².